The topological polar surface area (TPSA) is 82.1 Å². The standard InChI is InChI=1S/C37H31NO6/c1-21-15-17-28-22(19-21)16-18-30-37(35(40)25-11-5-6-12-26(25)36(37)41)31(27-13-8-14-29(43-3)34(27)44-4)32(38(28)30)33(39)23-9-7-10-24(20-23)42-2/h5-20,30-32H,1-4H3/t30-,31-,32+/m0/s1. The zero-order chi connectivity index (χ0) is 30.7. The van der Waals surface area contributed by atoms with Gasteiger partial charge < -0.3 is 19.1 Å². The van der Waals surface area contributed by atoms with Crippen LogP contribution < -0.4 is 19.1 Å². The number of ketones is 3. The molecule has 7 rings (SSSR count). The minimum Gasteiger partial charge on any atom is -0.497 e. The van der Waals surface area contributed by atoms with Gasteiger partial charge in [-0.2, -0.15) is 0 Å². The molecule has 0 bridgehead atoms. The van der Waals surface area contributed by atoms with Crippen molar-refractivity contribution >= 4 is 29.1 Å². The lowest BCUT2D eigenvalue weighted by Gasteiger charge is -2.37. The van der Waals surface area contributed by atoms with E-state index in [9.17, 15) is 14.4 Å². The lowest BCUT2D eigenvalue weighted by Crippen LogP contribution is -2.48. The average molecular weight is 586 g/mol. The summed E-state index contributed by atoms with van der Waals surface area (Å²) in [7, 11) is 4.62. The Bertz CT molecular complexity index is 1860. The third-order valence-electron chi connectivity index (χ3n) is 9.35. The number of hydrogen-bond acceptors (Lipinski definition) is 7. The van der Waals surface area contributed by atoms with Gasteiger partial charge in [0.1, 0.15) is 17.2 Å². The zero-order valence-corrected chi connectivity index (χ0v) is 24.9. The highest BCUT2D eigenvalue weighted by molar-refractivity contribution is 6.32. The number of methoxy groups -OCH3 is 3. The first kappa shape index (κ1) is 27.7. The number of ether oxygens (including phenoxy) is 3. The van der Waals surface area contributed by atoms with E-state index in [4.69, 9.17) is 14.2 Å². The van der Waals surface area contributed by atoms with Crippen LogP contribution in [-0.4, -0.2) is 50.8 Å². The maximum absolute atomic E-state index is 15.0. The van der Waals surface area contributed by atoms with E-state index in [-0.39, 0.29) is 17.3 Å². The van der Waals surface area contributed by atoms with E-state index in [0.29, 0.717) is 39.5 Å². The van der Waals surface area contributed by atoms with Gasteiger partial charge in [-0.15, -0.1) is 0 Å². The van der Waals surface area contributed by atoms with Crippen LogP contribution in [0.4, 0.5) is 5.69 Å². The van der Waals surface area contributed by atoms with Crippen LogP contribution in [0.25, 0.3) is 6.08 Å². The molecule has 0 radical (unpaired) electrons. The molecule has 0 saturated carbocycles. The molecule has 220 valence electrons. The highest BCUT2D eigenvalue weighted by Crippen LogP contribution is 2.62. The summed E-state index contributed by atoms with van der Waals surface area (Å²) >= 11 is 0. The van der Waals surface area contributed by atoms with Crippen molar-refractivity contribution in [2.24, 2.45) is 5.41 Å². The number of carbonyl (C=O) groups is 3. The number of fused-ring (bicyclic) bond motifs is 5. The number of carbonyl (C=O) groups excluding carboxylic acids is 3. The number of benzene rings is 4. The summed E-state index contributed by atoms with van der Waals surface area (Å²) in [6.07, 6.45) is 3.88. The van der Waals surface area contributed by atoms with Crippen LogP contribution in [0.1, 0.15) is 53.7 Å². The summed E-state index contributed by atoms with van der Waals surface area (Å²) in [5.74, 6) is -0.412. The van der Waals surface area contributed by atoms with Gasteiger partial charge in [0, 0.05) is 33.9 Å². The summed E-state index contributed by atoms with van der Waals surface area (Å²) < 4.78 is 17.1. The largest absolute Gasteiger partial charge is 0.497 e. The second-order valence-electron chi connectivity index (χ2n) is 11.4. The van der Waals surface area contributed by atoms with Crippen LogP contribution >= 0.6 is 0 Å². The minimum atomic E-state index is -1.65. The summed E-state index contributed by atoms with van der Waals surface area (Å²) in [4.78, 5) is 46.8. The normalized spacial score (nSPS) is 20.7. The molecule has 2 heterocycles. The quantitative estimate of drug-likeness (QED) is 0.193. The summed E-state index contributed by atoms with van der Waals surface area (Å²) in [6, 6.07) is 23.6. The van der Waals surface area contributed by atoms with E-state index in [1.54, 1.807) is 67.8 Å². The molecule has 3 aliphatic rings. The van der Waals surface area contributed by atoms with Gasteiger partial charge in [0.15, 0.2) is 28.8 Å². The monoisotopic (exact) mass is 585 g/mol. The van der Waals surface area contributed by atoms with Crippen LogP contribution in [-0.2, 0) is 0 Å². The smallest absolute Gasteiger partial charge is 0.186 e. The van der Waals surface area contributed by atoms with Gasteiger partial charge in [-0.05, 0) is 42.8 Å². The van der Waals surface area contributed by atoms with Crippen molar-refractivity contribution in [3.8, 4) is 17.2 Å². The SMILES string of the molecule is COc1cccc(C(=O)[C@H]2[C@H](c3cccc(OC)c3OC)C3(C(=O)c4ccccc4C3=O)[C@@H]3C=Cc4cc(C)ccc4N32)c1. The van der Waals surface area contributed by atoms with Crippen LogP contribution in [0.5, 0.6) is 17.2 Å². The molecule has 1 aliphatic carbocycles. The van der Waals surface area contributed by atoms with Crippen molar-refractivity contribution in [3.63, 3.8) is 0 Å². The predicted molar refractivity (Wildman–Crippen MR) is 167 cm³/mol. The fourth-order valence-corrected chi connectivity index (χ4v) is 7.54. The molecule has 4 aromatic carbocycles. The second-order valence-corrected chi connectivity index (χ2v) is 11.4. The molecule has 1 spiro atoms. The van der Waals surface area contributed by atoms with E-state index in [1.165, 1.54) is 14.2 Å². The number of aryl methyl sites for hydroxylation is 1. The fraction of sp³-hybridized carbons (Fsp3) is 0.216. The van der Waals surface area contributed by atoms with Crippen molar-refractivity contribution in [3.05, 3.63) is 124 Å². The lowest BCUT2D eigenvalue weighted by atomic mass is 9.64. The molecule has 4 aromatic rings. The molecule has 44 heavy (non-hydrogen) atoms. The van der Waals surface area contributed by atoms with Crippen molar-refractivity contribution in [1.29, 1.82) is 0 Å². The highest BCUT2D eigenvalue weighted by atomic mass is 16.5. The molecule has 1 fully saturated rings. The Morgan fingerprint density at radius 3 is 2.20 bits per heavy atom. The molecule has 1 saturated heterocycles. The maximum Gasteiger partial charge on any atom is 0.186 e. The predicted octanol–water partition coefficient (Wildman–Crippen LogP) is 6.34. The fourth-order valence-electron chi connectivity index (χ4n) is 7.54. The molecule has 7 nitrogen and oxygen atoms in total. The molecule has 7 heteroatoms. The Morgan fingerprint density at radius 2 is 1.52 bits per heavy atom. The summed E-state index contributed by atoms with van der Waals surface area (Å²) in [5.41, 5.74) is 2.79. The van der Waals surface area contributed by atoms with E-state index < -0.39 is 23.4 Å². The second kappa shape index (κ2) is 10.2. The van der Waals surface area contributed by atoms with Gasteiger partial charge in [0.25, 0.3) is 0 Å². The van der Waals surface area contributed by atoms with Crippen molar-refractivity contribution in [2.45, 2.75) is 24.9 Å². The summed E-state index contributed by atoms with van der Waals surface area (Å²) in [6.45, 7) is 2.01. The third-order valence-corrected chi connectivity index (χ3v) is 9.35. The Kier molecular flexibility index (Phi) is 6.43. The van der Waals surface area contributed by atoms with Gasteiger partial charge in [-0.1, -0.05) is 72.3 Å². The van der Waals surface area contributed by atoms with Gasteiger partial charge >= 0.3 is 0 Å². The van der Waals surface area contributed by atoms with Crippen molar-refractivity contribution in [1.82, 2.24) is 0 Å². The van der Waals surface area contributed by atoms with Gasteiger partial charge in [-0.25, -0.2) is 0 Å². The Labute approximate surface area is 255 Å². The Morgan fingerprint density at radius 1 is 0.795 bits per heavy atom. The van der Waals surface area contributed by atoms with E-state index in [1.807, 2.05) is 48.2 Å². The van der Waals surface area contributed by atoms with Gasteiger partial charge in [0.2, 0.25) is 0 Å². The molecule has 3 atom stereocenters. The lowest BCUT2D eigenvalue weighted by molar-refractivity contribution is 0.0664. The molecular formula is C37H31NO6. The number of Topliss-reactive ketones (excluding diaryl/α,β-unsaturated/α-hetero) is 3. The van der Waals surface area contributed by atoms with Crippen LogP contribution in [0.15, 0.2) is 91.0 Å². The number of nitrogens with zero attached hydrogens (tertiary/aromatic N) is 1. The zero-order valence-electron chi connectivity index (χ0n) is 24.9. The Balaban J connectivity index is 1.58. The number of para-hydroxylation sites is 1. The maximum atomic E-state index is 15.0. The minimum absolute atomic E-state index is 0.237. The van der Waals surface area contributed by atoms with E-state index in [0.717, 1.165) is 16.8 Å². The first-order valence-corrected chi connectivity index (χ1v) is 14.5. The first-order valence-electron chi connectivity index (χ1n) is 14.5. The van der Waals surface area contributed by atoms with E-state index >= 15 is 0 Å². The van der Waals surface area contributed by atoms with Gasteiger partial charge in [-0.3, -0.25) is 14.4 Å². The highest BCUT2D eigenvalue weighted by Gasteiger charge is 2.72. The number of anilines is 1. The van der Waals surface area contributed by atoms with Gasteiger partial charge in [0.05, 0.1) is 27.4 Å². The Hall–Kier alpha value is -5.17. The molecule has 0 amide bonds. The van der Waals surface area contributed by atoms with E-state index in [2.05, 4.69) is 0 Å². The van der Waals surface area contributed by atoms with Crippen molar-refractivity contribution in [2.75, 3.05) is 26.2 Å². The average Bonchev–Trinajstić information content (AvgIpc) is 3.49. The molecule has 2 aliphatic heterocycles. The molecule has 0 unspecified atom stereocenters. The van der Waals surface area contributed by atoms with Crippen LogP contribution in [0.3, 0.4) is 0 Å². The van der Waals surface area contributed by atoms with Crippen molar-refractivity contribution < 1.29 is 28.6 Å². The van der Waals surface area contributed by atoms with Crippen LogP contribution in [0, 0.1) is 12.3 Å². The van der Waals surface area contributed by atoms with Crippen LogP contribution in [0.2, 0.25) is 0 Å². The number of hydrogen-bond donors (Lipinski definition) is 0. The summed E-state index contributed by atoms with van der Waals surface area (Å²) in [5, 5.41) is 0. The first-order chi connectivity index (χ1) is 21.4. The molecule has 0 aromatic heterocycles. The third kappa shape index (κ3) is 3.65. The number of rotatable bonds is 6. The molecule has 0 N–H and O–H groups in total. The molecular weight excluding hydrogens is 554 g/mol.